The summed E-state index contributed by atoms with van der Waals surface area (Å²) in [6.45, 7) is 2.85. The molecule has 0 aliphatic carbocycles. The molecule has 128 valence electrons. The van der Waals surface area contributed by atoms with E-state index in [0.717, 1.165) is 17.8 Å². The van der Waals surface area contributed by atoms with Crippen molar-refractivity contribution in [2.24, 2.45) is 0 Å². The van der Waals surface area contributed by atoms with Crippen molar-refractivity contribution in [3.63, 3.8) is 0 Å². The minimum atomic E-state index is -0.304. The van der Waals surface area contributed by atoms with Gasteiger partial charge >= 0.3 is 5.97 Å². The molecular weight excluding hydrogens is 318 g/mol. The van der Waals surface area contributed by atoms with Crippen LogP contribution in [-0.4, -0.2) is 32.8 Å². The third-order valence-electron chi connectivity index (χ3n) is 3.54. The number of para-hydroxylation sites is 1. The van der Waals surface area contributed by atoms with Gasteiger partial charge in [0.15, 0.2) is 5.82 Å². The van der Waals surface area contributed by atoms with Crippen molar-refractivity contribution < 1.29 is 9.53 Å². The van der Waals surface area contributed by atoms with Crippen LogP contribution in [0.5, 0.6) is 0 Å². The van der Waals surface area contributed by atoms with Crippen LogP contribution in [0.2, 0.25) is 0 Å². The quantitative estimate of drug-likeness (QED) is 0.668. The molecule has 3 rings (SSSR count). The van der Waals surface area contributed by atoms with Crippen molar-refractivity contribution >= 4 is 11.7 Å². The lowest BCUT2D eigenvalue weighted by Crippen LogP contribution is -2.09. The van der Waals surface area contributed by atoms with Crippen LogP contribution in [0.25, 0.3) is 5.69 Å². The standard InChI is InChI=1S/C18H19N5O2/c1-2-12-25-18(24)14-8-10-15(11-9-14)19-13-17-20-21-22-23(17)16-6-4-3-5-7-16/h3-11,19H,2,12-13H2,1H3. The second-order valence-electron chi connectivity index (χ2n) is 5.41. The Morgan fingerprint density at radius 2 is 1.88 bits per heavy atom. The van der Waals surface area contributed by atoms with Crippen LogP contribution in [0, 0.1) is 0 Å². The number of nitrogens with zero attached hydrogens (tertiary/aromatic N) is 4. The summed E-state index contributed by atoms with van der Waals surface area (Å²) in [6.07, 6.45) is 0.807. The van der Waals surface area contributed by atoms with Gasteiger partial charge in [0.05, 0.1) is 24.4 Å². The van der Waals surface area contributed by atoms with E-state index in [4.69, 9.17) is 4.74 Å². The Morgan fingerprint density at radius 1 is 1.12 bits per heavy atom. The summed E-state index contributed by atoms with van der Waals surface area (Å²) in [4.78, 5) is 11.8. The first kappa shape index (κ1) is 16.6. The zero-order valence-electron chi connectivity index (χ0n) is 13.9. The Kier molecular flexibility index (Phi) is 5.36. The second-order valence-corrected chi connectivity index (χ2v) is 5.41. The van der Waals surface area contributed by atoms with Gasteiger partial charge in [-0.1, -0.05) is 25.1 Å². The van der Waals surface area contributed by atoms with Crippen LogP contribution in [0.3, 0.4) is 0 Å². The van der Waals surface area contributed by atoms with Gasteiger partial charge in [0.2, 0.25) is 0 Å². The number of benzene rings is 2. The Morgan fingerprint density at radius 3 is 2.60 bits per heavy atom. The molecule has 0 aliphatic rings. The lowest BCUT2D eigenvalue weighted by Gasteiger charge is -2.08. The maximum atomic E-state index is 11.8. The molecule has 0 aliphatic heterocycles. The monoisotopic (exact) mass is 337 g/mol. The number of hydrogen-bond acceptors (Lipinski definition) is 6. The molecule has 0 bridgehead atoms. The number of esters is 1. The zero-order valence-corrected chi connectivity index (χ0v) is 13.9. The van der Waals surface area contributed by atoms with Crippen molar-refractivity contribution in [3.8, 4) is 5.69 Å². The van der Waals surface area contributed by atoms with Gasteiger partial charge in [-0.15, -0.1) is 5.10 Å². The molecule has 0 unspecified atom stereocenters. The summed E-state index contributed by atoms with van der Waals surface area (Å²) in [5, 5.41) is 15.1. The Hall–Kier alpha value is -3.22. The highest BCUT2D eigenvalue weighted by Crippen LogP contribution is 2.13. The molecule has 0 saturated heterocycles. The van der Waals surface area contributed by atoms with Crippen LogP contribution < -0.4 is 5.32 Å². The maximum Gasteiger partial charge on any atom is 0.338 e. The van der Waals surface area contributed by atoms with Gasteiger partial charge in [0, 0.05) is 5.69 Å². The van der Waals surface area contributed by atoms with Crippen molar-refractivity contribution in [1.29, 1.82) is 0 Å². The summed E-state index contributed by atoms with van der Waals surface area (Å²) in [7, 11) is 0. The van der Waals surface area contributed by atoms with Crippen LogP contribution in [0.1, 0.15) is 29.5 Å². The van der Waals surface area contributed by atoms with Gasteiger partial charge in [-0.2, -0.15) is 4.68 Å². The molecule has 3 aromatic rings. The van der Waals surface area contributed by atoms with E-state index < -0.39 is 0 Å². The van der Waals surface area contributed by atoms with E-state index in [9.17, 15) is 4.79 Å². The summed E-state index contributed by atoms with van der Waals surface area (Å²) in [5.41, 5.74) is 2.31. The Balaban J connectivity index is 1.63. The van der Waals surface area contributed by atoms with Crippen LogP contribution in [0.15, 0.2) is 54.6 Å². The predicted molar refractivity (Wildman–Crippen MR) is 93.5 cm³/mol. The number of aromatic nitrogens is 4. The molecule has 0 amide bonds. The van der Waals surface area contributed by atoms with E-state index in [0.29, 0.717) is 24.5 Å². The lowest BCUT2D eigenvalue weighted by molar-refractivity contribution is 0.0505. The van der Waals surface area contributed by atoms with Crippen LogP contribution >= 0.6 is 0 Å². The second kappa shape index (κ2) is 8.05. The highest BCUT2D eigenvalue weighted by Gasteiger charge is 2.09. The molecule has 0 saturated carbocycles. The first-order valence-electron chi connectivity index (χ1n) is 8.11. The molecular formula is C18H19N5O2. The minimum absolute atomic E-state index is 0.304. The number of rotatable bonds is 7. The SMILES string of the molecule is CCCOC(=O)c1ccc(NCc2nnnn2-c2ccccc2)cc1. The van der Waals surface area contributed by atoms with Gasteiger partial charge in [0.25, 0.3) is 0 Å². The summed E-state index contributed by atoms with van der Waals surface area (Å²) >= 11 is 0. The summed E-state index contributed by atoms with van der Waals surface area (Å²) < 4.78 is 6.80. The van der Waals surface area contributed by atoms with Crippen LogP contribution in [-0.2, 0) is 11.3 Å². The fourth-order valence-corrected chi connectivity index (χ4v) is 2.27. The van der Waals surface area contributed by atoms with Crippen molar-refractivity contribution in [3.05, 3.63) is 66.0 Å². The largest absolute Gasteiger partial charge is 0.462 e. The normalized spacial score (nSPS) is 10.4. The van der Waals surface area contributed by atoms with Gasteiger partial charge in [-0.05, 0) is 53.2 Å². The molecule has 1 aromatic heterocycles. The average molecular weight is 337 g/mol. The first-order valence-corrected chi connectivity index (χ1v) is 8.11. The number of hydrogen-bond donors (Lipinski definition) is 1. The smallest absolute Gasteiger partial charge is 0.338 e. The van der Waals surface area contributed by atoms with E-state index in [1.54, 1.807) is 16.8 Å². The van der Waals surface area contributed by atoms with Crippen LogP contribution in [0.4, 0.5) is 5.69 Å². The highest BCUT2D eigenvalue weighted by atomic mass is 16.5. The Labute approximate surface area is 145 Å². The van der Waals surface area contributed by atoms with E-state index in [2.05, 4.69) is 20.8 Å². The molecule has 25 heavy (non-hydrogen) atoms. The third kappa shape index (κ3) is 4.20. The minimum Gasteiger partial charge on any atom is -0.462 e. The van der Waals surface area contributed by atoms with E-state index in [1.807, 2.05) is 49.4 Å². The van der Waals surface area contributed by atoms with Gasteiger partial charge in [0.1, 0.15) is 0 Å². The molecule has 0 radical (unpaired) electrons. The van der Waals surface area contributed by atoms with Crippen molar-refractivity contribution in [2.75, 3.05) is 11.9 Å². The van der Waals surface area contributed by atoms with Gasteiger partial charge in [-0.3, -0.25) is 0 Å². The molecule has 1 heterocycles. The predicted octanol–water partition coefficient (Wildman–Crippen LogP) is 2.84. The van der Waals surface area contributed by atoms with E-state index in [-0.39, 0.29) is 5.97 Å². The number of tetrazole rings is 1. The third-order valence-corrected chi connectivity index (χ3v) is 3.54. The number of carbonyl (C=O) groups is 1. The number of anilines is 1. The molecule has 0 fully saturated rings. The number of carbonyl (C=O) groups excluding carboxylic acids is 1. The molecule has 2 aromatic carbocycles. The van der Waals surface area contributed by atoms with E-state index >= 15 is 0 Å². The molecule has 0 atom stereocenters. The van der Waals surface area contributed by atoms with E-state index in [1.165, 1.54) is 0 Å². The first-order chi connectivity index (χ1) is 12.3. The molecule has 7 nitrogen and oxygen atoms in total. The number of ether oxygens (including phenoxy) is 1. The summed E-state index contributed by atoms with van der Waals surface area (Å²) in [5.74, 6) is 0.388. The topological polar surface area (TPSA) is 81.9 Å². The van der Waals surface area contributed by atoms with Gasteiger partial charge in [-0.25, -0.2) is 4.79 Å². The number of nitrogens with one attached hydrogen (secondary N) is 1. The van der Waals surface area contributed by atoms with Gasteiger partial charge < -0.3 is 10.1 Å². The maximum absolute atomic E-state index is 11.8. The summed E-state index contributed by atoms with van der Waals surface area (Å²) in [6, 6.07) is 16.8. The Bertz CT molecular complexity index is 815. The highest BCUT2D eigenvalue weighted by molar-refractivity contribution is 5.89. The zero-order chi connectivity index (χ0) is 17.5. The fourth-order valence-electron chi connectivity index (χ4n) is 2.27. The molecule has 1 N–H and O–H groups in total. The lowest BCUT2D eigenvalue weighted by atomic mass is 10.2. The fraction of sp³-hybridized carbons (Fsp3) is 0.222. The van der Waals surface area contributed by atoms with Crippen molar-refractivity contribution in [1.82, 2.24) is 20.2 Å². The molecule has 0 spiro atoms. The van der Waals surface area contributed by atoms with Crippen molar-refractivity contribution in [2.45, 2.75) is 19.9 Å². The molecule has 7 heteroatoms. The average Bonchev–Trinajstić information content (AvgIpc) is 3.14.